The van der Waals surface area contributed by atoms with E-state index in [1.54, 1.807) is 0 Å². The fourth-order valence-electron chi connectivity index (χ4n) is 1.43. The molecular weight excluding hydrogens is 216 g/mol. The molecular formula is C10H21ClN2O2. The molecule has 0 spiro atoms. The third-order valence-corrected chi connectivity index (χ3v) is 2.68. The lowest BCUT2D eigenvalue weighted by atomic mass is 9.88. The highest BCUT2D eigenvalue weighted by Gasteiger charge is 2.28. The lowest BCUT2D eigenvalue weighted by molar-refractivity contribution is -0.126. The van der Waals surface area contributed by atoms with Crippen molar-refractivity contribution >= 4 is 18.3 Å². The summed E-state index contributed by atoms with van der Waals surface area (Å²) >= 11 is 0. The van der Waals surface area contributed by atoms with Gasteiger partial charge in [0, 0.05) is 19.1 Å². The molecule has 4 nitrogen and oxygen atoms in total. The predicted octanol–water partition coefficient (Wildman–Crippen LogP) is 0.416. The summed E-state index contributed by atoms with van der Waals surface area (Å²) in [5, 5.41) is 6.04. The highest BCUT2D eigenvalue weighted by atomic mass is 35.5. The molecule has 0 bridgehead atoms. The van der Waals surface area contributed by atoms with Gasteiger partial charge in [-0.05, 0) is 25.9 Å². The summed E-state index contributed by atoms with van der Waals surface area (Å²) in [6.07, 6.45) is 0. The summed E-state index contributed by atoms with van der Waals surface area (Å²) in [7, 11) is 0. The molecule has 0 radical (unpaired) electrons. The molecule has 0 saturated carbocycles. The van der Waals surface area contributed by atoms with Crippen molar-refractivity contribution in [3.63, 3.8) is 0 Å². The van der Waals surface area contributed by atoms with Crippen LogP contribution in [0.15, 0.2) is 0 Å². The van der Waals surface area contributed by atoms with Gasteiger partial charge in [0.15, 0.2) is 0 Å². The van der Waals surface area contributed by atoms with Crippen LogP contribution in [0.2, 0.25) is 0 Å². The van der Waals surface area contributed by atoms with Gasteiger partial charge in [-0.2, -0.15) is 0 Å². The summed E-state index contributed by atoms with van der Waals surface area (Å²) in [5.74, 6) is 0.788. The Balaban J connectivity index is 0.00000196. The van der Waals surface area contributed by atoms with E-state index in [9.17, 15) is 4.79 Å². The second-order valence-electron chi connectivity index (χ2n) is 3.69. The Kier molecular flexibility index (Phi) is 7.74. The third-order valence-electron chi connectivity index (χ3n) is 2.68. The van der Waals surface area contributed by atoms with Crippen LogP contribution in [0.4, 0.5) is 0 Å². The Labute approximate surface area is 97.5 Å². The Morgan fingerprint density at radius 2 is 2.27 bits per heavy atom. The Morgan fingerprint density at radius 3 is 2.73 bits per heavy atom. The van der Waals surface area contributed by atoms with Crippen molar-refractivity contribution in [1.29, 1.82) is 0 Å². The monoisotopic (exact) mass is 236 g/mol. The molecule has 15 heavy (non-hydrogen) atoms. The number of ether oxygens (including phenoxy) is 1. The van der Waals surface area contributed by atoms with Crippen molar-refractivity contribution in [3.05, 3.63) is 0 Å². The lowest BCUT2D eigenvalue weighted by Crippen LogP contribution is -2.49. The van der Waals surface area contributed by atoms with Crippen LogP contribution in [0.25, 0.3) is 0 Å². The van der Waals surface area contributed by atoms with Crippen molar-refractivity contribution < 1.29 is 9.53 Å². The highest BCUT2D eigenvalue weighted by molar-refractivity contribution is 5.85. The molecule has 0 aromatic rings. The maximum atomic E-state index is 11.5. The number of carbonyl (C=O) groups is 1. The number of hydrogen-bond acceptors (Lipinski definition) is 3. The summed E-state index contributed by atoms with van der Waals surface area (Å²) < 4.78 is 5.14. The quantitative estimate of drug-likeness (QED) is 0.658. The topological polar surface area (TPSA) is 50.4 Å². The van der Waals surface area contributed by atoms with E-state index in [0.717, 1.165) is 13.1 Å². The van der Waals surface area contributed by atoms with Crippen LogP contribution in [0.1, 0.15) is 13.8 Å². The Morgan fingerprint density at radius 1 is 1.60 bits per heavy atom. The Bertz CT molecular complexity index is 186. The second-order valence-corrected chi connectivity index (χ2v) is 3.69. The molecule has 1 fully saturated rings. The number of carbonyl (C=O) groups excluding carboxylic acids is 1. The molecule has 90 valence electrons. The molecule has 0 aromatic carbocycles. The molecule has 1 heterocycles. The van der Waals surface area contributed by atoms with Gasteiger partial charge in [0.05, 0.1) is 6.61 Å². The second kappa shape index (κ2) is 7.91. The van der Waals surface area contributed by atoms with Crippen molar-refractivity contribution in [2.24, 2.45) is 11.8 Å². The minimum Gasteiger partial charge on any atom is -0.380 e. The minimum atomic E-state index is 0. The van der Waals surface area contributed by atoms with Crippen molar-refractivity contribution in [2.45, 2.75) is 13.8 Å². The predicted molar refractivity (Wildman–Crippen MR) is 62.3 cm³/mol. The summed E-state index contributed by atoms with van der Waals surface area (Å²) in [6, 6.07) is 0. The van der Waals surface area contributed by atoms with Crippen molar-refractivity contribution in [2.75, 3.05) is 32.8 Å². The van der Waals surface area contributed by atoms with Gasteiger partial charge in [-0.1, -0.05) is 6.92 Å². The standard InChI is InChI=1S/C10H20N2O2.ClH/c1-3-14-5-4-12-10(13)8(2)9-6-11-7-9;/h8-9,11H,3-7H2,1-2H3,(H,12,13);1H. The highest BCUT2D eigenvalue weighted by Crippen LogP contribution is 2.15. The number of amides is 1. The van der Waals surface area contributed by atoms with Gasteiger partial charge < -0.3 is 15.4 Å². The Hall–Kier alpha value is -0.320. The fourth-order valence-corrected chi connectivity index (χ4v) is 1.43. The number of rotatable bonds is 6. The first-order valence-electron chi connectivity index (χ1n) is 5.32. The molecule has 1 saturated heterocycles. The van der Waals surface area contributed by atoms with Gasteiger partial charge in [0.1, 0.15) is 0 Å². The van der Waals surface area contributed by atoms with Crippen molar-refractivity contribution in [1.82, 2.24) is 10.6 Å². The largest absolute Gasteiger partial charge is 0.380 e. The molecule has 1 rings (SSSR count). The molecule has 1 unspecified atom stereocenters. The van der Waals surface area contributed by atoms with Crippen LogP contribution in [-0.4, -0.2) is 38.8 Å². The molecule has 1 aliphatic heterocycles. The SMILES string of the molecule is CCOCCNC(=O)C(C)C1CNC1.Cl. The fraction of sp³-hybridized carbons (Fsp3) is 0.900. The van der Waals surface area contributed by atoms with Gasteiger partial charge in [0.2, 0.25) is 5.91 Å². The van der Waals surface area contributed by atoms with Crippen molar-refractivity contribution in [3.8, 4) is 0 Å². The van der Waals surface area contributed by atoms with Crippen LogP contribution in [0.3, 0.4) is 0 Å². The zero-order valence-electron chi connectivity index (χ0n) is 9.41. The third kappa shape index (κ3) is 4.82. The number of nitrogens with one attached hydrogen (secondary N) is 2. The maximum Gasteiger partial charge on any atom is 0.223 e. The van der Waals surface area contributed by atoms with Gasteiger partial charge in [-0.15, -0.1) is 12.4 Å². The molecule has 0 aliphatic carbocycles. The molecule has 1 aliphatic rings. The van der Waals surface area contributed by atoms with Gasteiger partial charge >= 0.3 is 0 Å². The molecule has 2 N–H and O–H groups in total. The zero-order valence-corrected chi connectivity index (χ0v) is 10.2. The molecule has 0 aromatic heterocycles. The van der Waals surface area contributed by atoms with Crippen LogP contribution < -0.4 is 10.6 Å². The van der Waals surface area contributed by atoms with Crippen LogP contribution in [0, 0.1) is 11.8 Å². The average molecular weight is 237 g/mol. The first kappa shape index (κ1) is 14.7. The van der Waals surface area contributed by atoms with E-state index in [0.29, 0.717) is 25.7 Å². The van der Waals surface area contributed by atoms with E-state index in [4.69, 9.17) is 4.74 Å². The van der Waals surface area contributed by atoms with E-state index in [-0.39, 0.29) is 24.2 Å². The zero-order chi connectivity index (χ0) is 10.4. The van der Waals surface area contributed by atoms with E-state index in [2.05, 4.69) is 10.6 Å². The first-order valence-corrected chi connectivity index (χ1v) is 5.32. The van der Waals surface area contributed by atoms with Crippen LogP contribution in [0.5, 0.6) is 0 Å². The average Bonchev–Trinajstić information content (AvgIpc) is 2.09. The normalized spacial score (nSPS) is 17.5. The molecule has 5 heteroatoms. The maximum absolute atomic E-state index is 11.5. The minimum absolute atomic E-state index is 0. The van der Waals surface area contributed by atoms with E-state index in [1.165, 1.54) is 0 Å². The first-order chi connectivity index (χ1) is 6.75. The van der Waals surface area contributed by atoms with E-state index < -0.39 is 0 Å². The van der Waals surface area contributed by atoms with Crippen LogP contribution in [-0.2, 0) is 9.53 Å². The lowest BCUT2D eigenvalue weighted by Gasteiger charge is -2.31. The van der Waals surface area contributed by atoms with E-state index >= 15 is 0 Å². The van der Waals surface area contributed by atoms with Gasteiger partial charge in [0.25, 0.3) is 0 Å². The van der Waals surface area contributed by atoms with E-state index in [1.807, 2.05) is 13.8 Å². The summed E-state index contributed by atoms with van der Waals surface area (Å²) in [5.41, 5.74) is 0. The summed E-state index contributed by atoms with van der Waals surface area (Å²) in [6.45, 7) is 7.82. The smallest absolute Gasteiger partial charge is 0.223 e. The number of halogens is 1. The summed E-state index contributed by atoms with van der Waals surface area (Å²) in [4.78, 5) is 11.5. The molecule has 1 atom stereocenters. The van der Waals surface area contributed by atoms with Crippen LogP contribution >= 0.6 is 12.4 Å². The van der Waals surface area contributed by atoms with Gasteiger partial charge in [-0.25, -0.2) is 0 Å². The van der Waals surface area contributed by atoms with Gasteiger partial charge in [-0.3, -0.25) is 4.79 Å². The molecule has 1 amide bonds. The number of hydrogen-bond donors (Lipinski definition) is 2.